The highest BCUT2D eigenvalue weighted by Gasteiger charge is 2.72. The molecule has 3 heterocycles. The number of benzene rings is 2. The normalized spacial score (nSPS) is 28.3. The fourth-order valence-corrected chi connectivity index (χ4v) is 7.19. The van der Waals surface area contributed by atoms with Crippen LogP contribution >= 0.6 is 0 Å². The van der Waals surface area contributed by atoms with Crippen LogP contribution in [-0.4, -0.2) is 78.6 Å². The van der Waals surface area contributed by atoms with Gasteiger partial charge in [0.2, 0.25) is 17.7 Å². The van der Waals surface area contributed by atoms with Crippen molar-refractivity contribution >= 4 is 23.4 Å². The number of hydrogen-bond donors (Lipinski definition) is 2. The second kappa shape index (κ2) is 11.9. The van der Waals surface area contributed by atoms with Crippen molar-refractivity contribution in [1.29, 1.82) is 0 Å². The molecule has 6 rings (SSSR count). The number of carbonyl (C=O) groups excluding carboxylic acids is 3. The van der Waals surface area contributed by atoms with E-state index < -0.39 is 29.6 Å². The first-order valence-corrected chi connectivity index (χ1v) is 15.0. The van der Waals surface area contributed by atoms with E-state index >= 15 is 0 Å². The van der Waals surface area contributed by atoms with Gasteiger partial charge in [-0.3, -0.25) is 14.4 Å². The first kappa shape index (κ1) is 28.4. The van der Waals surface area contributed by atoms with Crippen molar-refractivity contribution in [3.05, 3.63) is 72.3 Å². The molecule has 3 amide bonds. The molecule has 2 N–H and O–H groups in total. The van der Waals surface area contributed by atoms with Crippen LogP contribution in [0.3, 0.4) is 0 Å². The van der Waals surface area contributed by atoms with Crippen LogP contribution in [0.15, 0.2) is 66.7 Å². The summed E-state index contributed by atoms with van der Waals surface area (Å²) < 4.78 is 11.7. The van der Waals surface area contributed by atoms with Gasteiger partial charge >= 0.3 is 0 Å². The first-order chi connectivity index (χ1) is 20.4. The van der Waals surface area contributed by atoms with Crippen LogP contribution in [-0.2, 0) is 25.7 Å². The van der Waals surface area contributed by atoms with Crippen LogP contribution in [0.5, 0.6) is 5.75 Å². The van der Waals surface area contributed by atoms with E-state index in [0.717, 1.165) is 32.2 Å². The Kier molecular flexibility index (Phi) is 8.05. The molecule has 9 nitrogen and oxygen atoms in total. The fourth-order valence-electron chi connectivity index (χ4n) is 7.19. The number of nitrogens with one attached hydrogen (secondary N) is 2. The molecule has 42 heavy (non-hydrogen) atoms. The Morgan fingerprint density at radius 2 is 1.79 bits per heavy atom. The van der Waals surface area contributed by atoms with E-state index in [4.69, 9.17) is 9.47 Å². The summed E-state index contributed by atoms with van der Waals surface area (Å²) in [6.45, 7) is 1.66. The summed E-state index contributed by atoms with van der Waals surface area (Å²) in [5, 5.41) is 6.22. The number of anilines is 1. The Balaban J connectivity index is 1.24. The van der Waals surface area contributed by atoms with Gasteiger partial charge in [0.25, 0.3) is 0 Å². The second-order valence-corrected chi connectivity index (χ2v) is 12.0. The molecule has 1 spiro atoms. The SMILES string of the molecule is COc1ccc(NC(=O)[C@@H]2[C@@H]3C=C[C@]4(O3)[C@@H]2C(=O)N(CCN(C)Cc2ccccc2)[C@@H]4C(=O)NC2CCCCC2)cc1. The van der Waals surface area contributed by atoms with Crippen molar-refractivity contribution in [2.24, 2.45) is 11.8 Å². The predicted molar refractivity (Wildman–Crippen MR) is 159 cm³/mol. The summed E-state index contributed by atoms with van der Waals surface area (Å²) in [6.07, 6.45) is 8.39. The van der Waals surface area contributed by atoms with Gasteiger partial charge in [-0.25, -0.2) is 0 Å². The molecular formula is C33H40N4O5. The number of hydrogen-bond acceptors (Lipinski definition) is 6. The van der Waals surface area contributed by atoms with E-state index in [-0.39, 0.29) is 23.8 Å². The Labute approximate surface area is 247 Å². The summed E-state index contributed by atoms with van der Waals surface area (Å²) in [4.78, 5) is 45.7. The molecule has 4 aliphatic rings. The molecule has 1 saturated carbocycles. The first-order valence-electron chi connectivity index (χ1n) is 15.0. The molecular weight excluding hydrogens is 532 g/mol. The third kappa shape index (κ3) is 5.31. The number of nitrogens with zero attached hydrogens (tertiary/aromatic N) is 2. The molecule has 5 atom stereocenters. The zero-order chi connectivity index (χ0) is 29.3. The molecule has 1 aliphatic carbocycles. The highest BCUT2D eigenvalue weighted by molar-refractivity contribution is 6.02. The number of likely N-dealkylation sites (tertiary alicyclic amines) is 1. The number of methoxy groups -OCH3 is 1. The molecule has 2 aromatic carbocycles. The van der Waals surface area contributed by atoms with Gasteiger partial charge in [-0.15, -0.1) is 0 Å². The zero-order valence-electron chi connectivity index (χ0n) is 24.3. The molecule has 3 aliphatic heterocycles. The van der Waals surface area contributed by atoms with Gasteiger partial charge in [0.1, 0.15) is 17.4 Å². The van der Waals surface area contributed by atoms with Crippen LogP contribution in [0.25, 0.3) is 0 Å². The third-order valence-corrected chi connectivity index (χ3v) is 9.25. The maximum absolute atomic E-state index is 14.2. The number of amides is 3. The number of rotatable bonds is 10. The average molecular weight is 573 g/mol. The molecule has 2 saturated heterocycles. The standard InChI is InChI=1S/C33H40N4O5/c1-36(21-22-9-5-3-6-10-22)19-20-37-29(31(39)35-23-11-7-4-8-12-23)33-18-17-26(42-33)27(28(33)32(37)40)30(38)34-24-13-15-25(41-2)16-14-24/h3,5-6,9-10,13-18,23,26-29H,4,7-8,11-12,19-21H2,1-2H3,(H,34,38)(H,35,39)/t26-,27+,28-,29+,33-/m0/s1. The van der Waals surface area contributed by atoms with Crippen molar-refractivity contribution in [3.8, 4) is 5.75 Å². The van der Waals surface area contributed by atoms with Crippen molar-refractivity contribution in [2.45, 2.75) is 62.4 Å². The lowest BCUT2D eigenvalue weighted by molar-refractivity contribution is -0.141. The molecule has 0 aromatic heterocycles. The zero-order valence-corrected chi connectivity index (χ0v) is 24.3. The van der Waals surface area contributed by atoms with E-state index in [2.05, 4.69) is 27.7 Å². The van der Waals surface area contributed by atoms with Gasteiger partial charge in [-0.1, -0.05) is 61.7 Å². The third-order valence-electron chi connectivity index (χ3n) is 9.25. The molecule has 3 fully saturated rings. The molecule has 9 heteroatoms. The number of ether oxygens (including phenoxy) is 2. The molecule has 0 radical (unpaired) electrons. The van der Waals surface area contributed by atoms with Crippen LogP contribution in [0.1, 0.15) is 37.7 Å². The Morgan fingerprint density at radius 3 is 2.50 bits per heavy atom. The average Bonchev–Trinajstić information content (AvgIpc) is 3.64. The minimum absolute atomic E-state index is 0.0937. The quantitative estimate of drug-likeness (QED) is 0.424. The van der Waals surface area contributed by atoms with Gasteiger partial charge < -0.3 is 29.9 Å². The predicted octanol–water partition coefficient (Wildman–Crippen LogP) is 3.37. The van der Waals surface area contributed by atoms with Gasteiger partial charge in [-0.2, -0.15) is 0 Å². The molecule has 2 bridgehead atoms. The van der Waals surface area contributed by atoms with Crippen LogP contribution in [0.4, 0.5) is 5.69 Å². The van der Waals surface area contributed by atoms with E-state index in [9.17, 15) is 14.4 Å². The van der Waals surface area contributed by atoms with E-state index in [1.807, 2.05) is 37.4 Å². The molecule has 0 unspecified atom stereocenters. The van der Waals surface area contributed by atoms with Crippen LogP contribution in [0, 0.1) is 11.8 Å². The maximum Gasteiger partial charge on any atom is 0.246 e. The monoisotopic (exact) mass is 572 g/mol. The summed E-state index contributed by atoms with van der Waals surface area (Å²) in [6, 6.07) is 16.5. The molecule has 2 aromatic rings. The lowest BCUT2D eigenvalue weighted by Crippen LogP contribution is -2.57. The lowest BCUT2D eigenvalue weighted by atomic mass is 9.74. The Hall–Kier alpha value is -3.69. The topological polar surface area (TPSA) is 100 Å². The van der Waals surface area contributed by atoms with Crippen molar-refractivity contribution in [3.63, 3.8) is 0 Å². The number of fused-ring (bicyclic) bond motifs is 1. The maximum atomic E-state index is 14.2. The number of likely N-dealkylation sites (N-methyl/N-ethyl adjacent to an activating group) is 1. The highest BCUT2D eigenvalue weighted by Crippen LogP contribution is 2.55. The largest absolute Gasteiger partial charge is 0.497 e. The Morgan fingerprint density at radius 1 is 1.05 bits per heavy atom. The van der Waals surface area contributed by atoms with E-state index in [1.165, 1.54) is 12.0 Å². The minimum Gasteiger partial charge on any atom is -0.497 e. The van der Waals surface area contributed by atoms with E-state index in [0.29, 0.717) is 24.5 Å². The van der Waals surface area contributed by atoms with Crippen molar-refractivity contribution < 1.29 is 23.9 Å². The minimum atomic E-state index is -1.17. The van der Waals surface area contributed by atoms with Gasteiger partial charge in [0, 0.05) is 31.4 Å². The summed E-state index contributed by atoms with van der Waals surface area (Å²) in [5.41, 5.74) is 0.619. The fraction of sp³-hybridized carbons (Fsp3) is 0.485. The van der Waals surface area contributed by atoms with Crippen molar-refractivity contribution in [1.82, 2.24) is 15.1 Å². The van der Waals surface area contributed by atoms with Crippen molar-refractivity contribution in [2.75, 3.05) is 32.6 Å². The Bertz CT molecular complexity index is 1330. The van der Waals surface area contributed by atoms with Gasteiger partial charge in [0.05, 0.1) is 25.0 Å². The number of carbonyl (C=O) groups is 3. The second-order valence-electron chi connectivity index (χ2n) is 12.0. The van der Waals surface area contributed by atoms with Gasteiger partial charge in [0.15, 0.2) is 0 Å². The summed E-state index contributed by atoms with van der Waals surface area (Å²) >= 11 is 0. The lowest BCUT2D eigenvalue weighted by Gasteiger charge is -2.34. The smallest absolute Gasteiger partial charge is 0.246 e. The van der Waals surface area contributed by atoms with E-state index in [1.54, 1.807) is 36.3 Å². The van der Waals surface area contributed by atoms with Gasteiger partial charge in [-0.05, 0) is 49.7 Å². The highest BCUT2D eigenvalue weighted by atomic mass is 16.5. The summed E-state index contributed by atoms with van der Waals surface area (Å²) in [7, 11) is 3.60. The van der Waals surface area contributed by atoms with Crippen LogP contribution < -0.4 is 15.4 Å². The van der Waals surface area contributed by atoms with Crippen LogP contribution in [0.2, 0.25) is 0 Å². The summed E-state index contributed by atoms with van der Waals surface area (Å²) in [5.74, 6) is -1.50. The molecule has 222 valence electrons.